The number of amides is 1. The summed E-state index contributed by atoms with van der Waals surface area (Å²) in [5, 5.41) is 3.25. The molecule has 0 aliphatic carbocycles. The third kappa shape index (κ3) is 4.92. The maximum atomic E-state index is 10.6. The largest absolute Gasteiger partial charge is 0.484 e. The van der Waals surface area contributed by atoms with E-state index in [1.165, 1.54) is 0 Å². The fourth-order valence-electron chi connectivity index (χ4n) is 1.76. The summed E-state index contributed by atoms with van der Waals surface area (Å²) in [7, 11) is 0. The molecule has 112 valence electrons. The van der Waals surface area contributed by atoms with Gasteiger partial charge in [0.15, 0.2) is 6.61 Å². The SMILES string of the molecule is CCc1cnc(CNCc2ccc(OCC(N)=O)cc2)o1. The first-order chi connectivity index (χ1) is 10.2. The molecule has 21 heavy (non-hydrogen) atoms. The van der Waals surface area contributed by atoms with Crippen molar-refractivity contribution in [2.75, 3.05) is 6.61 Å². The molecule has 6 heteroatoms. The van der Waals surface area contributed by atoms with E-state index in [2.05, 4.69) is 10.3 Å². The summed E-state index contributed by atoms with van der Waals surface area (Å²) in [6.07, 6.45) is 2.60. The van der Waals surface area contributed by atoms with Crippen molar-refractivity contribution in [3.05, 3.63) is 47.7 Å². The van der Waals surface area contributed by atoms with Gasteiger partial charge < -0.3 is 20.2 Å². The predicted molar refractivity (Wildman–Crippen MR) is 77.6 cm³/mol. The molecule has 1 heterocycles. The van der Waals surface area contributed by atoms with E-state index in [4.69, 9.17) is 14.9 Å². The number of hydrogen-bond acceptors (Lipinski definition) is 5. The average Bonchev–Trinajstić information content (AvgIpc) is 2.94. The second-order valence-corrected chi connectivity index (χ2v) is 4.58. The van der Waals surface area contributed by atoms with Crippen molar-refractivity contribution in [2.24, 2.45) is 5.73 Å². The molecule has 0 aliphatic heterocycles. The zero-order valence-corrected chi connectivity index (χ0v) is 12.0. The second-order valence-electron chi connectivity index (χ2n) is 4.58. The number of nitrogens with zero attached hydrogens (tertiary/aromatic N) is 1. The average molecular weight is 289 g/mol. The smallest absolute Gasteiger partial charge is 0.255 e. The number of carbonyl (C=O) groups excluding carboxylic acids is 1. The summed E-state index contributed by atoms with van der Waals surface area (Å²) in [4.78, 5) is 14.8. The van der Waals surface area contributed by atoms with E-state index in [1.807, 2.05) is 19.1 Å². The van der Waals surface area contributed by atoms with Gasteiger partial charge in [-0.25, -0.2) is 4.98 Å². The van der Waals surface area contributed by atoms with E-state index >= 15 is 0 Å². The quantitative estimate of drug-likeness (QED) is 0.766. The van der Waals surface area contributed by atoms with Crippen LogP contribution in [0.25, 0.3) is 0 Å². The Morgan fingerprint density at radius 1 is 1.33 bits per heavy atom. The van der Waals surface area contributed by atoms with Crippen LogP contribution in [0, 0.1) is 0 Å². The van der Waals surface area contributed by atoms with Crippen LogP contribution in [0.3, 0.4) is 0 Å². The highest BCUT2D eigenvalue weighted by molar-refractivity contribution is 5.75. The van der Waals surface area contributed by atoms with Gasteiger partial charge in [-0.2, -0.15) is 0 Å². The van der Waals surface area contributed by atoms with Crippen LogP contribution in [0.5, 0.6) is 5.75 Å². The molecule has 0 unspecified atom stereocenters. The Morgan fingerprint density at radius 3 is 2.71 bits per heavy atom. The molecule has 0 fully saturated rings. The third-order valence-corrected chi connectivity index (χ3v) is 2.86. The minimum atomic E-state index is -0.488. The van der Waals surface area contributed by atoms with Gasteiger partial charge in [0, 0.05) is 13.0 Å². The number of nitrogens with two attached hydrogens (primary N) is 1. The van der Waals surface area contributed by atoms with Crippen LogP contribution in [0.1, 0.15) is 24.1 Å². The minimum absolute atomic E-state index is 0.110. The second kappa shape index (κ2) is 7.44. The standard InChI is InChI=1S/C15H19N3O3/c1-2-12-8-18-15(21-12)9-17-7-11-3-5-13(6-4-11)20-10-14(16)19/h3-6,8,17H,2,7,9-10H2,1H3,(H2,16,19). The predicted octanol–water partition coefficient (Wildman–Crippen LogP) is 1.39. The van der Waals surface area contributed by atoms with Gasteiger partial charge in [0.2, 0.25) is 5.89 Å². The Morgan fingerprint density at radius 2 is 2.10 bits per heavy atom. The molecule has 1 aromatic carbocycles. The monoisotopic (exact) mass is 289 g/mol. The maximum Gasteiger partial charge on any atom is 0.255 e. The molecular weight excluding hydrogens is 270 g/mol. The first-order valence-corrected chi connectivity index (χ1v) is 6.81. The lowest BCUT2D eigenvalue weighted by Crippen LogP contribution is -2.20. The van der Waals surface area contributed by atoms with Gasteiger partial charge in [-0.1, -0.05) is 19.1 Å². The molecule has 0 atom stereocenters. The van der Waals surface area contributed by atoms with Crippen molar-refractivity contribution in [3.8, 4) is 5.75 Å². The number of oxazole rings is 1. The molecule has 6 nitrogen and oxygen atoms in total. The fourth-order valence-corrected chi connectivity index (χ4v) is 1.76. The van der Waals surface area contributed by atoms with Gasteiger partial charge in [0.05, 0.1) is 12.7 Å². The van der Waals surface area contributed by atoms with E-state index in [0.29, 0.717) is 24.7 Å². The lowest BCUT2D eigenvalue weighted by atomic mass is 10.2. The van der Waals surface area contributed by atoms with Gasteiger partial charge in [-0.3, -0.25) is 4.79 Å². The highest BCUT2D eigenvalue weighted by Crippen LogP contribution is 2.12. The normalized spacial score (nSPS) is 10.5. The first kappa shape index (κ1) is 15.1. The first-order valence-electron chi connectivity index (χ1n) is 6.81. The molecule has 0 bridgehead atoms. The number of nitrogens with one attached hydrogen (secondary N) is 1. The molecule has 0 spiro atoms. The molecular formula is C15H19N3O3. The summed E-state index contributed by atoms with van der Waals surface area (Å²) >= 11 is 0. The lowest BCUT2D eigenvalue weighted by Gasteiger charge is -2.06. The Balaban J connectivity index is 1.76. The number of rotatable bonds is 8. The molecule has 0 saturated heterocycles. The van der Waals surface area contributed by atoms with Gasteiger partial charge in [-0.05, 0) is 17.7 Å². The molecule has 0 aliphatic rings. The molecule has 2 aromatic rings. The van der Waals surface area contributed by atoms with Crippen molar-refractivity contribution in [1.82, 2.24) is 10.3 Å². The van der Waals surface area contributed by atoms with E-state index in [9.17, 15) is 4.79 Å². The number of carbonyl (C=O) groups is 1. The van der Waals surface area contributed by atoms with Crippen LogP contribution < -0.4 is 15.8 Å². The lowest BCUT2D eigenvalue weighted by molar-refractivity contribution is -0.119. The zero-order chi connectivity index (χ0) is 15.1. The number of aryl methyl sites for hydroxylation is 1. The van der Waals surface area contributed by atoms with Crippen LogP contribution in [0.4, 0.5) is 0 Å². The van der Waals surface area contributed by atoms with E-state index in [-0.39, 0.29) is 6.61 Å². The van der Waals surface area contributed by atoms with Crippen molar-refractivity contribution in [3.63, 3.8) is 0 Å². The summed E-state index contributed by atoms with van der Waals surface area (Å²) < 4.78 is 10.7. The minimum Gasteiger partial charge on any atom is -0.484 e. The summed E-state index contributed by atoms with van der Waals surface area (Å²) in [6, 6.07) is 7.47. The van der Waals surface area contributed by atoms with E-state index in [0.717, 1.165) is 17.7 Å². The molecule has 0 radical (unpaired) electrons. The van der Waals surface area contributed by atoms with Crippen LogP contribution in [-0.4, -0.2) is 17.5 Å². The zero-order valence-electron chi connectivity index (χ0n) is 12.0. The Kier molecular flexibility index (Phi) is 5.34. The summed E-state index contributed by atoms with van der Waals surface area (Å²) in [6.45, 7) is 3.20. The number of ether oxygens (including phenoxy) is 1. The van der Waals surface area contributed by atoms with Crippen LogP contribution >= 0.6 is 0 Å². The number of aromatic nitrogens is 1. The van der Waals surface area contributed by atoms with Crippen molar-refractivity contribution in [1.29, 1.82) is 0 Å². The highest BCUT2D eigenvalue weighted by Gasteiger charge is 2.02. The van der Waals surface area contributed by atoms with E-state index < -0.39 is 5.91 Å². The molecule has 3 N–H and O–H groups in total. The van der Waals surface area contributed by atoms with Crippen LogP contribution in [-0.2, 0) is 24.3 Å². The Labute approximate surface area is 123 Å². The maximum absolute atomic E-state index is 10.6. The Bertz CT molecular complexity index is 578. The van der Waals surface area contributed by atoms with Crippen molar-refractivity contribution >= 4 is 5.91 Å². The highest BCUT2D eigenvalue weighted by atomic mass is 16.5. The van der Waals surface area contributed by atoms with Crippen LogP contribution in [0.15, 0.2) is 34.9 Å². The van der Waals surface area contributed by atoms with Gasteiger partial charge in [-0.15, -0.1) is 0 Å². The number of primary amides is 1. The number of hydrogen-bond donors (Lipinski definition) is 2. The molecule has 1 amide bonds. The van der Waals surface area contributed by atoms with Crippen molar-refractivity contribution in [2.45, 2.75) is 26.4 Å². The van der Waals surface area contributed by atoms with Gasteiger partial charge >= 0.3 is 0 Å². The van der Waals surface area contributed by atoms with E-state index in [1.54, 1.807) is 18.3 Å². The third-order valence-electron chi connectivity index (χ3n) is 2.86. The van der Waals surface area contributed by atoms with Gasteiger partial charge in [0.1, 0.15) is 11.5 Å². The summed E-state index contributed by atoms with van der Waals surface area (Å²) in [5.41, 5.74) is 6.11. The number of benzene rings is 1. The topological polar surface area (TPSA) is 90.4 Å². The fraction of sp³-hybridized carbons (Fsp3) is 0.333. The summed E-state index contributed by atoms with van der Waals surface area (Å²) in [5.74, 6) is 1.71. The molecule has 0 saturated carbocycles. The molecule has 1 aromatic heterocycles. The van der Waals surface area contributed by atoms with Gasteiger partial charge in [0.25, 0.3) is 5.91 Å². The van der Waals surface area contributed by atoms with Crippen molar-refractivity contribution < 1.29 is 13.9 Å². The molecule has 2 rings (SSSR count). The van der Waals surface area contributed by atoms with Crippen LogP contribution in [0.2, 0.25) is 0 Å². The Hall–Kier alpha value is -2.34.